The van der Waals surface area contributed by atoms with E-state index in [9.17, 15) is 13.6 Å². The molecule has 0 saturated carbocycles. The molecule has 0 amide bonds. The van der Waals surface area contributed by atoms with E-state index in [1.54, 1.807) is 12.1 Å². The van der Waals surface area contributed by atoms with E-state index in [0.717, 1.165) is 16.5 Å². The number of carbonyl (C=O) groups is 1. The number of hydrogen-bond acceptors (Lipinski definition) is 2. The molecule has 0 aliphatic heterocycles. The maximum absolute atomic E-state index is 13.2. The molecular weight excluding hydrogens is 446 g/mol. The molecule has 126 valence electrons. The highest BCUT2D eigenvalue weighted by molar-refractivity contribution is 9.10. The standard InChI is InChI=1S/C9H6BrFN2O.C8H8BrF/c1-5(14)13-9-3-8(11)7(10)2-6(9)4-12-13;1-5-3-7(9)8(10)4-6(5)2/h2-4H,1H3;3-4H,1-2H3. The highest BCUT2D eigenvalue weighted by Crippen LogP contribution is 2.23. The fraction of sp³-hybridized carbons (Fsp3) is 0.176. The van der Waals surface area contributed by atoms with Crippen molar-refractivity contribution in [2.75, 3.05) is 0 Å². The van der Waals surface area contributed by atoms with Gasteiger partial charge in [0.15, 0.2) is 0 Å². The van der Waals surface area contributed by atoms with Crippen molar-refractivity contribution in [1.82, 2.24) is 9.78 Å². The molecule has 1 aromatic heterocycles. The largest absolute Gasteiger partial charge is 0.273 e. The van der Waals surface area contributed by atoms with Gasteiger partial charge in [-0.3, -0.25) is 4.79 Å². The molecule has 0 spiro atoms. The third-order valence-electron chi connectivity index (χ3n) is 3.44. The maximum Gasteiger partial charge on any atom is 0.244 e. The minimum Gasteiger partial charge on any atom is -0.273 e. The first-order valence-corrected chi connectivity index (χ1v) is 8.55. The second-order valence-electron chi connectivity index (χ2n) is 5.25. The van der Waals surface area contributed by atoms with Gasteiger partial charge >= 0.3 is 0 Å². The molecular formula is C17H14Br2F2N2O. The van der Waals surface area contributed by atoms with Crippen molar-refractivity contribution in [3.8, 4) is 0 Å². The lowest BCUT2D eigenvalue weighted by atomic mass is 10.1. The molecule has 1 heterocycles. The van der Waals surface area contributed by atoms with Crippen LogP contribution in [0.1, 0.15) is 22.8 Å². The van der Waals surface area contributed by atoms with Crippen molar-refractivity contribution in [3.05, 3.63) is 62.2 Å². The minimum atomic E-state index is -0.402. The van der Waals surface area contributed by atoms with Crippen LogP contribution in [0.5, 0.6) is 0 Å². The van der Waals surface area contributed by atoms with Crippen LogP contribution in [-0.4, -0.2) is 15.7 Å². The monoisotopic (exact) mass is 458 g/mol. The summed E-state index contributed by atoms with van der Waals surface area (Å²) in [6, 6.07) is 6.19. The van der Waals surface area contributed by atoms with Crippen LogP contribution < -0.4 is 0 Å². The van der Waals surface area contributed by atoms with Crippen LogP contribution >= 0.6 is 31.9 Å². The number of hydrogen-bond donors (Lipinski definition) is 0. The van der Waals surface area contributed by atoms with Gasteiger partial charge in [0.25, 0.3) is 0 Å². The van der Waals surface area contributed by atoms with E-state index in [2.05, 4.69) is 37.0 Å². The zero-order valence-electron chi connectivity index (χ0n) is 13.2. The Hall–Kier alpha value is -1.60. The molecule has 2 aromatic carbocycles. The van der Waals surface area contributed by atoms with E-state index >= 15 is 0 Å². The predicted molar refractivity (Wildman–Crippen MR) is 97.3 cm³/mol. The second kappa shape index (κ2) is 7.53. The SMILES string of the molecule is CC(=O)n1ncc2cc(Br)c(F)cc21.Cc1cc(F)c(Br)cc1C. The summed E-state index contributed by atoms with van der Waals surface area (Å²) in [6.07, 6.45) is 1.53. The molecule has 0 N–H and O–H groups in total. The number of aromatic nitrogens is 2. The summed E-state index contributed by atoms with van der Waals surface area (Å²) in [7, 11) is 0. The Morgan fingerprint density at radius 3 is 2.12 bits per heavy atom. The Labute approximate surface area is 154 Å². The summed E-state index contributed by atoms with van der Waals surface area (Å²) in [5, 5.41) is 4.59. The molecule has 0 aliphatic rings. The maximum atomic E-state index is 13.2. The van der Waals surface area contributed by atoms with Crippen molar-refractivity contribution in [1.29, 1.82) is 0 Å². The van der Waals surface area contributed by atoms with Crippen LogP contribution in [-0.2, 0) is 0 Å². The zero-order valence-corrected chi connectivity index (χ0v) is 16.4. The molecule has 0 saturated heterocycles. The molecule has 0 unspecified atom stereocenters. The van der Waals surface area contributed by atoms with Crippen LogP contribution in [0, 0.1) is 25.5 Å². The van der Waals surface area contributed by atoms with Gasteiger partial charge in [-0.05, 0) is 75.0 Å². The van der Waals surface area contributed by atoms with Crippen molar-refractivity contribution in [3.63, 3.8) is 0 Å². The Kier molecular flexibility index (Phi) is 5.87. The normalized spacial score (nSPS) is 10.5. The van der Waals surface area contributed by atoms with Crippen LogP contribution in [0.25, 0.3) is 10.9 Å². The van der Waals surface area contributed by atoms with E-state index < -0.39 is 5.82 Å². The van der Waals surface area contributed by atoms with E-state index in [-0.39, 0.29) is 11.7 Å². The number of fused-ring (bicyclic) bond motifs is 1. The second-order valence-corrected chi connectivity index (χ2v) is 6.96. The number of halogens is 4. The molecule has 0 radical (unpaired) electrons. The smallest absolute Gasteiger partial charge is 0.244 e. The fourth-order valence-electron chi connectivity index (χ4n) is 2.02. The Morgan fingerprint density at radius 1 is 1.00 bits per heavy atom. The van der Waals surface area contributed by atoms with Gasteiger partial charge in [0.05, 0.1) is 20.7 Å². The summed E-state index contributed by atoms with van der Waals surface area (Å²) in [5.41, 5.74) is 2.58. The van der Waals surface area contributed by atoms with E-state index in [1.807, 2.05) is 13.8 Å². The molecule has 3 nitrogen and oxygen atoms in total. The minimum absolute atomic E-state index is 0.192. The third kappa shape index (κ3) is 4.08. The average Bonchev–Trinajstić information content (AvgIpc) is 2.89. The molecule has 3 aromatic rings. The molecule has 0 fully saturated rings. The Morgan fingerprint density at radius 2 is 1.54 bits per heavy atom. The van der Waals surface area contributed by atoms with Crippen molar-refractivity contribution >= 4 is 48.7 Å². The lowest BCUT2D eigenvalue weighted by molar-refractivity contribution is 0.0927. The molecule has 0 aliphatic carbocycles. The number of benzene rings is 2. The van der Waals surface area contributed by atoms with Gasteiger partial charge in [-0.25, -0.2) is 13.5 Å². The van der Waals surface area contributed by atoms with Gasteiger partial charge in [-0.15, -0.1) is 0 Å². The first-order valence-electron chi connectivity index (χ1n) is 6.96. The fourth-order valence-corrected chi connectivity index (χ4v) is 2.84. The highest BCUT2D eigenvalue weighted by atomic mass is 79.9. The van der Waals surface area contributed by atoms with Crippen LogP contribution in [0.4, 0.5) is 8.78 Å². The van der Waals surface area contributed by atoms with Crippen LogP contribution in [0.15, 0.2) is 39.4 Å². The summed E-state index contributed by atoms with van der Waals surface area (Å²) in [6.45, 7) is 5.23. The van der Waals surface area contributed by atoms with Gasteiger partial charge in [0.1, 0.15) is 11.6 Å². The Balaban J connectivity index is 0.000000185. The quantitative estimate of drug-likeness (QED) is 0.425. The molecule has 0 atom stereocenters. The molecule has 0 bridgehead atoms. The van der Waals surface area contributed by atoms with E-state index in [4.69, 9.17) is 0 Å². The van der Waals surface area contributed by atoms with Crippen molar-refractivity contribution < 1.29 is 13.6 Å². The first-order chi connectivity index (χ1) is 11.2. The molecule has 24 heavy (non-hydrogen) atoms. The Bertz CT molecular complexity index is 872. The topological polar surface area (TPSA) is 34.9 Å². The highest BCUT2D eigenvalue weighted by Gasteiger charge is 2.09. The van der Waals surface area contributed by atoms with Crippen molar-refractivity contribution in [2.45, 2.75) is 20.8 Å². The molecule has 7 heteroatoms. The van der Waals surface area contributed by atoms with Gasteiger partial charge in [-0.1, -0.05) is 0 Å². The predicted octanol–water partition coefficient (Wildman–Crippen LogP) is 5.80. The van der Waals surface area contributed by atoms with Gasteiger partial charge < -0.3 is 0 Å². The summed E-state index contributed by atoms with van der Waals surface area (Å²) < 4.78 is 28.0. The van der Waals surface area contributed by atoms with E-state index in [1.165, 1.54) is 29.9 Å². The zero-order chi connectivity index (χ0) is 18.0. The lowest BCUT2D eigenvalue weighted by Crippen LogP contribution is -2.06. The summed E-state index contributed by atoms with van der Waals surface area (Å²) in [5.74, 6) is -0.828. The summed E-state index contributed by atoms with van der Waals surface area (Å²) >= 11 is 6.17. The average molecular weight is 460 g/mol. The van der Waals surface area contributed by atoms with Gasteiger partial charge in [0, 0.05) is 18.4 Å². The van der Waals surface area contributed by atoms with Gasteiger partial charge in [-0.2, -0.15) is 5.10 Å². The van der Waals surface area contributed by atoms with Crippen LogP contribution in [0.2, 0.25) is 0 Å². The number of aryl methyl sites for hydroxylation is 2. The van der Waals surface area contributed by atoms with Crippen LogP contribution in [0.3, 0.4) is 0 Å². The third-order valence-corrected chi connectivity index (χ3v) is 4.66. The number of carbonyl (C=O) groups excluding carboxylic acids is 1. The van der Waals surface area contributed by atoms with E-state index in [0.29, 0.717) is 14.5 Å². The van der Waals surface area contributed by atoms with Gasteiger partial charge in [0.2, 0.25) is 5.91 Å². The molecule has 3 rings (SSSR count). The summed E-state index contributed by atoms with van der Waals surface area (Å²) in [4.78, 5) is 11.1. The first kappa shape index (κ1) is 18.7. The lowest BCUT2D eigenvalue weighted by Gasteiger charge is -2.00. The van der Waals surface area contributed by atoms with Crippen molar-refractivity contribution in [2.24, 2.45) is 0 Å². The number of nitrogens with zero attached hydrogens (tertiary/aromatic N) is 2. The number of rotatable bonds is 0.